The molecule has 0 spiro atoms. The van der Waals surface area contributed by atoms with Gasteiger partial charge in [-0.15, -0.1) is 0 Å². The minimum atomic E-state index is -1.28. The van der Waals surface area contributed by atoms with Crippen molar-refractivity contribution in [2.75, 3.05) is 0 Å². The van der Waals surface area contributed by atoms with Gasteiger partial charge in [-0.25, -0.2) is 0 Å². The van der Waals surface area contributed by atoms with E-state index in [1.54, 1.807) is 0 Å². The van der Waals surface area contributed by atoms with Crippen LogP contribution in [0.15, 0.2) is 0 Å². The van der Waals surface area contributed by atoms with Gasteiger partial charge < -0.3 is 30.0 Å². The molecular formula is C20H34O10Ti. The van der Waals surface area contributed by atoms with Crippen LogP contribution >= 0.6 is 0 Å². The van der Waals surface area contributed by atoms with Crippen LogP contribution in [0.25, 0.3) is 0 Å². The number of carbonyl (C=O) groups excluding carboxylic acids is 6. The fourth-order valence-electron chi connectivity index (χ4n) is 1.06. The number of aliphatic hydroxyl groups is 2. The van der Waals surface area contributed by atoms with Gasteiger partial charge in [0.05, 0.1) is 0 Å². The molecule has 31 heavy (non-hydrogen) atoms. The van der Waals surface area contributed by atoms with E-state index < -0.39 is 37.0 Å². The van der Waals surface area contributed by atoms with Crippen molar-refractivity contribution in [3.63, 3.8) is 0 Å². The molecule has 0 aliphatic heterocycles. The average Bonchev–Trinajstić information content (AvgIpc) is 2.55. The summed E-state index contributed by atoms with van der Waals surface area (Å²) in [5.74, 6) is -3.44. The van der Waals surface area contributed by atoms with Crippen molar-refractivity contribution in [2.45, 2.75) is 92.3 Å². The maximum Gasteiger partial charge on any atom is 2.00 e. The number of aliphatic hydroxyl groups excluding tert-OH is 2. The van der Waals surface area contributed by atoms with E-state index in [0.717, 1.165) is 0 Å². The van der Waals surface area contributed by atoms with Crippen LogP contribution in [0.4, 0.5) is 0 Å². The van der Waals surface area contributed by atoms with Crippen LogP contribution in [0.5, 0.6) is 0 Å². The molecule has 0 amide bonds. The molecule has 2 N–H and O–H groups in total. The topological polar surface area (TPSA) is 189 Å². The van der Waals surface area contributed by atoms with Crippen LogP contribution in [0, 0.1) is 0 Å². The Morgan fingerprint density at radius 1 is 0.677 bits per heavy atom. The van der Waals surface area contributed by atoms with Gasteiger partial charge in [0.2, 0.25) is 0 Å². The monoisotopic (exact) mass is 482 g/mol. The number of carboxylic acid groups (broad SMARTS) is 2. The van der Waals surface area contributed by atoms with Crippen LogP contribution < -0.4 is 10.2 Å². The third-order valence-electron chi connectivity index (χ3n) is 2.92. The van der Waals surface area contributed by atoms with Crippen molar-refractivity contribution in [1.82, 2.24) is 0 Å². The molecule has 0 aromatic heterocycles. The molecule has 2 atom stereocenters. The summed E-state index contributed by atoms with van der Waals surface area (Å²) < 4.78 is 0. The van der Waals surface area contributed by atoms with E-state index in [1.165, 1.54) is 27.7 Å². The Hall–Kier alpha value is -1.75. The molecule has 0 bridgehead atoms. The summed E-state index contributed by atoms with van der Waals surface area (Å²) in [7, 11) is 0. The van der Waals surface area contributed by atoms with Crippen LogP contribution in [-0.4, -0.2) is 57.5 Å². The van der Waals surface area contributed by atoms with Gasteiger partial charge in [0, 0.05) is 37.6 Å². The molecule has 0 aliphatic rings. The van der Waals surface area contributed by atoms with E-state index in [1.807, 2.05) is 13.8 Å². The van der Waals surface area contributed by atoms with E-state index >= 15 is 0 Å². The smallest absolute Gasteiger partial charge is 0.550 e. The van der Waals surface area contributed by atoms with Crippen LogP contribution in [-0.2, 0) is 50.5 Å². The van der Waals surface area contributed by atoms with Crippen LogP contribution in [0.2, 0.25) is 0 Å². The summed E-state index contributed by atoms with van der Waals surface area (Å²) in [6, 6.07) is 0. The van der Waals surface area contributed by atoms with Crippen molar-refractivity contribution in [3.8, 4) is 0 Å². The Labute approximate surface area is 198 Å². The molecule has 10 nitrogen and oxygen atoms in total. The van der Waals surface area contributed by atoms with Gasteiger partial charge in [-0.05, 0) is 40.5 Å². The number of ketones is 4. The largest absolute Gasteiger partial charge is 2.00 e. The third-order valence-corrected chi connectivity index (χ3v) is 2.92. The van der Waals surface area contributed by atoms with Gasteiger partial charge in [0.1, 0.15) is 23.8 Å². The summed E-state index contributed by atoms with van der Waals surface area (Å²) >= 11 is 0. The van der Waals surface area contributed by atoms with Gasteiger partial charge in [0.15, 0.2) is 11.6 Å². The number of rotatable bonds is 10. The second kappa shape index (κ2) is 26.3. The maximum absolute atomic E-state index is 10.4. The quantitative estimate of drug-likeness (QED) is 0.286. The Morgan fingerprint density at radius 2 is 0.871 bits per heavy atom. The summed E-state index contributed by atoms with van der Waals surface area (Å²) in [6.07, 6.45) is -0.364. The number of Topliss-reactive ketones (excluding diaryl/α,β-unsaturated/α-hetero) is 4. The van der Waals surface area contributed by atoms with E-state index in [9.17, 15) is 39.0 Å². The normalized spacial score (nSPS) is 10.6. The van der Waals surface area contributed by atoms with Crippen molar-refractivity contribution in [2.24, 2.45) is 0 Å². The molecule has 2 unspecified atom stereocenters. The molecule has 0 saturated heterocycles. The number of hydrogen-bond donors (Lipinski definition) is 2. The van der Waals surface area contributed by atoms with E-state index in [4.69, 9.17) is 10.2 Å². The van der Waals surface area contributed by atoms with Gasteiger partial charge in [-0.1, -0.05) is 13.8 Å². The summed E-state index contributed by atoms with van der Waals surface area (Å²) in [4.78, 5) is 60.2. The molecule has 11 heteroatoms. The first-order chi connectivity index (χ1) is 13.6. The van der Waals surface area contributed by atoms with Crippen molar-refractivity contribution >= 4 is 35.1 Å². The first-order valence-corrected chi connectivity index (χ1v) is 9.42. The Morgan fingerprint density at radius 3 is 0.968 bits per heavy atom. The predicted molar refractivity (Wildman–Crippen MR) is 104 cm³/mol. The van der Waals surface area contributed by atoms with Crippen molar-refractivity contribution in [3.05, 3.63) is 0 Å². The second-order valence-corrected chi connectivity index (χ2v) is 6.25. The minimum absolute atomic E-state index is 0. The molecule has 0 saturated carbocycles. The van der Waals surface area contributed by atoms with Crippen LogP contribution in [0.3, 0.4) is 0 Å². The van der Waals surface area contributed by atoms with Crippen molar-refractivity contribution < 1.29 is 70.9 Å². The molecule has 0 heterocycles. The molecular weight excluding hydrogens is 448 g/mol. The number of aliphatic carboxylic acids is 2. The SMILES string of the molecule is CC(=O)C(C)O.CC(=O)C(C)O.CCCC(=O)CC(=O)[O-].CCCC(=O)CC(=O)[O-].[Ti+2]. The zero-order valence-electron chi connectivity index (χ0n) is 19.1. The van der Waals surface area contributed by atoms with E-state index in [-0.39, 0.29) is 44.9 Å². The number of hydrogen-bond acceptors (Lipinski definition) is 10. The Bertz CT molecular complexity index is 494. The Balaban J connectivity index is -0.0000000977. The molecule has 178 valence electrons. The Kier molecular flexibility index (Phi) is 33.7. The summed E-state index contributed by atoms with van der Waals surface area (Å²) in [5.41, 5.74) is 0. The molecule has 0 rings (SSSR count). The first-order valence-electron chi connectivity index (χ1n) is 9.42. The van der Waals surface area contributed by atoms with Gasteiger partial charge >= 0.3 is 21.7 Å². The summed E-state index contributed by atoms with van der Waals surface area (Å²) in [5, 5.41) is 36.1. The minimum Gasteiger partial charge on any atom is -0.550 e. The van der Waals surface area contributed by atoms with E-state index in [2.05, 4.69) is 0 Å². The molecule has 0 radical (unpaired) electrons. The zero-order chi connectivity index (χ0) is 24.9. The van der Waals surface area contributed by atoms with Crippen LogP contribution in [0.1, 0.15) is 80.1 Å². The van der Waals surface area contributed by atoms with Gasteiger partial charge in [0.25, 0.3) is 0 Å². The molecule has 0 aliphatic carbocycles. The van der Waals surface area contributed by atoms with Gasteiger partial charge in [-0.3, -0.25) is 19.2 Å². The van der Waals surface area contributed by atoms with E-state index in [0.29, 0.717) is 25.7 Å². The zero-order valence-corrected chi connectivity index (χ0v) is 20.6. The maximum atomic E-state index is 10.4. The van der Waals surface area contributed by atoms with Gasteiger partial charge in [-0.2, -0.15) is 0 Å². The molecule has 0 aromatic rings. The third kappa shape index (κ3) is 47.5. The predicted octanol–water partition coefficient (Wildman–Crippen LogP) is -1.10. The molecule has 0 aromatic carbocycles. The fraction of sp³-hybridized carbons (Fsp3) is 0.700. The molecule has 0 fully saturated rings. The second-order valence-electron chi connectivity index (χ2n) is 6.25. The fourth-order valence-corrected chi connectivity index (χ4v) is 1.06. The number of carboxylic acids is 2. The average molecular weight is 482 g/mol. The first kappa shape index (κ1) is 39.7. The van der Waals surface area contributed by atoms with Crippen molar-refractivity contribution in [1.29, 1.82) is 0 Å². The number of carbonyl (C=O) groups is 6. The summed E-state index contributed by atoms with van der Waals surface area (Å²) in [6.45, 7) is 9.25. The standard InChI is InChI=1S/2C6H10O3.2C4H8O2.Ti/c2*1-2-3-5(7)4-6(8)9;2*1-3(5)4(2)6;/h2*2-4H2,1H3,(H,8,9);2*3,5H,1-2H3;/q;;;;+2/p-2.